The highest BCUT2D eigenvalue weighted by Gasteiger charge is 2.15. The van der Waals surface area contributed by atoms with Gasteiger partial charge >= 0.3 is 6.03 Å². The summed E-state index contributed by atoms with van der Waals surface area (Å²) in [5.41, 5.74) is 0.625. The van der Waals surface area contributed by atoms with Crippen LogP contribution in [-0.2, 0) is 6.54 Å². The molecule has 3 N–H and O–H groups in total. The molecule has 0 aliphatic heterocycles. The van der Waals surface area contributed by atoms with Crippen molar-refractivity contribution in [2.45, 2.75) is 12.6 Å². The number of aliphatic hydroxyl groups excluding tert-OH is 1. The third-order valence-electron chi connectivity index (χ3n) is 3.27. The molecule has 5 nitrogen and oxygen atoms in total. The zero-order valence-electron chi connectivity index (χ0n) is 12.5. The molecule has 24 heavy (non-hydrogen) atoms. The van der Waals surface area contributed by atoms with Crippen molar-refractivity contribution in [2.24, 2.45) is 0 Å². The summed E-state index contributed by atoms with van der Waals surface area (Å²) in [4.78, 5) is 13.6. The first kappa shape index (κ1) is 16.6. The van der Waals surface area contributed by atoms with Crippen molar-refractivity contribution in [3.05, 3.63) is 75.3 Å². The number of furan rings is 1. The first-order valence-corrected chi connectivity index (χ1v) is 8.42. The molecule has 1 unspecified atom stereocenters. The zero-order chi connectivity index (χ0) is 16.9. The fourth-order valence-electron chi connectivity index (χ4n) is 2.13. The number of aliphatic hydroxyl groups is 1. The number of amides is 2. The summed E-state index contributed by atoms with van der Waals surface area (Å²) < 4.78 is 5.20. The molecule has 0 aliphatic carbocycles. The van der Waals surface area contributed by atoms with Gasteiger partial charge in [-0.2, -0.15) is 0 Å². The normalized spacial score (nSPS) is 11.9. The van der Waals surface area contributed by atoms with Crippen LogP contribution in [0.2, 0.25) is 5.02 Å². The Hall–Kier alpha value is -2.28. The van der Waals surface area contributed by atoms with Gasteiger partial charge in [0.15, 0.2) is 0 Å². The molecule has 1 atom stereocenters. The van der Waals surface area contributed by atoms with Crippen molar-refractivity contribution in [1.82, 2.24) is 5.32 Å². The van der Waals surface area contributed by atoms with Crippen LogP contribution in [0.15, 0.2) is 59.2 Å². The van der Waals surface area contributed by atoms with E-state index in [-0.39, 0.29) is 6.03 Å². The van der Waals surface area contributed by atoms with Crippen LogP contribution in [0.5, 0.6) is 0 Å². The number of nitrogens with one attached hydrogen (secondary N) is 2. The van der Waals surface area contributed by atoms with Crippen LogP contribution < -0.4 is 10.6 Å². The molecule has 2 amide bonds. The molecule has 0 spiro atoms. The number of benzene rings is 1. The van der Waals surface area contributed by atoms with E-state index in [4.69, 9.17) is 16.0 Å². The van der Waals surface area contributed by atoms with Crippen molar-refractivity contribution in [1.29, 1.82) is 0 Å². The number of urea groups is 1. The Morgan fingerprint density at radius 2 is 2.12 bits per heavy atom. The molecule has 0 saturated carbocycles. The largest absolute Gasteiger partial charge is 0.466 e. The SMILES string of the molecule is O=C(NCc1ccc(C(O)c2ccco2)s1)Nc1cccc(Cl)c1. The maximum atomic E-state index is 11.9. The van der Waals surface area contributed by atoms with Gasteiger partial charge in [-0.3, -0.25) is 0 Å². The molecule has 1 aromatic carbocycles. The topological polar surface area (TPSA) is 74.5 Å². The van der Waals surface area contributed by atoms with E-state index >= 15 is 0 Å². The fourth-order valence-corrected chi connectivity index (χ4v) is 3.27. The number of thiophene rings is 1. The maximum absolute atomic E-state index is 11.9. The summed E-state index contributed by atoms with van der Waals surface area (Å²) in [6.45, 7) is 0.363. The summed E-state index contributed by atoms with van der Waals surface area (Å²) in [5.74, 6) is 0.495. The van der Waals surface area contributed by atoms with Crippen molar-refractivity contribution >= 4 is 34.7 Å². The Morgan fingerprint density at radius 3 is 2.88 bits per heavy atom. The van der Waals surface area contributed by atoms with Gasteiger partial charge in [0.05, 0.1) is 12.8 Å². The van der Waals surface area contributed by atoms with Crippen LogP contribution in [0, 0.1) is 0 Å². The molecule has 0 radical (unpaired) electrons. The molecule has 3 rings (SSSR count). The van der Waals surface area contributed by atoms with Crippen molar-refractivity contribution < 1.29 is 14.3 Å². The Morgan fingerprint density at radius 1 is 1.25 bits per heavy atom. The summed E-state index contributed by atoms with van der Waals surface area (Å²) in [6.07, 6.45) is 0.730. The Bertz CT molecular complexity index is 817. The maximum Gasteiger partial charge on any atom is 0.319 e. The Labute approximate surface area is 147 Å². The average Bonchev–Trinajstić information content (AvgIpc) is 3.24. The van der Waals surface area contributed by atoms with Crippen LogP contribution in [0.4, 0.5) is 10.5 Å². The highest BCUT2D eigenvalue weighted by atomic mass is 35.5. The van der Waals surface area contributed by atoms with E-state index in [2.05, 4.69) is 10.6 Å². The molecule has 0 fully saturated rings. The molecule has 0 saturated heterocycles. The average molecular weight is 363 g/mol. The number of hydrogen-bond acceptors (Lipinski definition) is 4. The Balaban J connectivity index is 1.54. The van der Waals surface area contributed by atoms with Crippen LogP contribution in [-0.4, -0.2) is 11.1 Å². The molecule has 3 aromatic rings. The minimum absolute atomic E-state index is 0.321. The second kappa shape index (κ2) is 7.53. The first-order chi connectivity index (χ1) is 11.6. The number of carbonyl (C=O) groups excluding carboxylic acids is 1. The van der Waals surface area contributed by atoms with Gasteiger partial charge in [0.2, 0.25) is 0 Å². The molecular formula is C17H15ClN2O3S. The minimum Gasteiger partial charge on any atom is -0.466 e. The van der Waals surface area contributed by atoms with Gasteiger partial charge in [-0.15, -0.1) is 11.3 Å². The minimum atomic E-state index is -0.793. The van der Waals surface area contributed by atoms with Gasteiger partial charge in [0, 0.05) is 20.5 Å². The highest BCUT2D eigenvalue weighted by molar-refractivity contribution is 7.12. The van der Waals surface area contributed by atoms with Crippen LogP contribution >= 0.6 is 22.9 Å². The van der Waals surface area contributed by atoms with E-state index in [1.54, 1.807) is 36.4 Å². The summed E-state index contributed by atoms with van der Waals surface area (Å²) >= 11 is 7.29. The smallest absolute Gasteiger partial charge is 0.319 e. The van der Waals surface area contributed by atoms with Gasteiger partial charge < -0.3 is 20.2 Å². The van der Waals surface area contributed by atoms with E-state index in [0.29, 0.717) is 23.0 Å². The van der Waals surface area contributed by atoms with E-state index in [0.717, 1.165) is 9.75 Å². The number of halogens is 1. The Kier molecular flexibility index (Phi) is 5.20. The van der Waals surface area contributed by atoms with Crippen molar-refractivity contribution in [3.8, 4) is 0 Å². The summed E-state index contributed by atoms with van der Waals surface area (Å²) in [5, 5.41) is 16.2. The first-order valence-electron chi connectivity index (χ1n) is 7.22. The molecule has 2 heterocycles. The fraction of sp³-hybridized carbons (Fsp3) is 0.118. The molecule has 124 valence electrons. The number of anilines is 1. The van der Waals surface area contributed by atoms with E-state index in [1.165, 1.54) is 17.6 Å². The highest BCUT2D eigenvalue weighted by Crippen LogP contribution is 2.28. The lowest BCUT2D eigenvalue weighted by atomic mass is 10.2. The molecule has 0 bridgehead atoms. The molecule has 0 aliphatic rings. The predicted octanol–water partition coefficient (Wildman–Crippen LogP) is 4.40. The van der Waals surface area contributed by atoms with Crippen molar-refractivity contribution in [2.75, 3.05) is 5.32 Å². The third-order valence-corrected chi connectivity index (χ3v) is 4.64. The van der Waals surface area contributed by atoms with E-state index in [9.17, 15) is 9.90 Å². The van der Waals surface area contributed by atoms with Gasteiger partial charge in [-0.25, -0.2) is 4.79 Å². The van der Waals surface area contributed by atoms with Gasteiger partial charge in [-0.05, 0) is 42.5 Å². The monoisotopic (exact) mass is 362 g/mol. The lowest BCUT2D eigenvalue weighted by Crippen LogP contribution is -2.27. The second-order valence-corrected chi connectivity index (χ2v) is 6.68. The van der Waals surface area contributed by atoms with E-state index in [1.807, 2.05) is 12.1 Å². The molecule has 2 aromatic heterocycles. The standard InChI is InChI=1S/C17H15ClN2O3S/c18-11-3-1-4-12(9-11)20-17(22)19-10-13-6-7-15(24-13)16(21)14-5-2-8-23-14/h1-9,16,21H,10H2,(H2,19,20,22). The quantitative estimate of drug-likeness (QED) is 0.629. The summed E-state index contributed by atoms with van der Waals surface area (Å²) in [6, 6.07) is 13.8. The zero-order valence-corrected chi connectivity index (χ0v) is 14.1. The van der Waals surface area contributed by atoms with Gasteiger partial charge in [0.1, 0.15) is 11.9 Å². The predicted molar refractivity (Wildman–Crippen MR) is 94.4 cm³/mol. The van der Waals surface area contributed by atoms with Crippen LogP contribution in [0.1, 0.15) is 21.6 Å². The van der Waals surface area contributed by atoms with Gasteiger partial charge in [-0.1, -0.05) is 17.7 Å². The number of hydrogen-bond donors (Lipinski definition) is 3. The lowest BCUT2D eigenvalue weighted by Gasteiger charge is -2.07. The lowest BCUT2D eigenvalue weighted by molar-refractivity contribution is 0.193. The van der Waals surface area contributed by atoms with E-state index < -0.39 is 6.10 Å². The number of carbonyl (C=O) groups is 1. The van der Waals surface area contributed by atoms with Crippen LogP contribution in [0.25, 0.3) is 0 Å². The van der Waals surface area contributed by atoms with Crippen molar-refractivity contribution in [3.63, 3.8) is 0 Å². The van der Waals surface area contributed by atoms with Gasteiger partial charge in [0.25, 0.3) is 0 Å². The third kappa shape index (κ3) is 4.17. The van der Waals surface area contributed by atoms with Crippen LogP contribution in [0.3, 0.4) is 0 Å². The molecule has 7 heteroatoms. The second-order valence-electron chi connectivity index (χ2n) is 5.04. The number of rotatable bonds is 5. The summed E-state index contributed by atoms with van der Waals surface area (Å²) in [7, 11) is 0. The molecular weight excluding hydrogens is 348 g/mol.